The van der Waals surface area contributed by atoms with Crippen LogP contribution in [0.2, 0.25) is 0 Å². The van der Waals surface area contributed by atoms with E-state index in [0.29, 0.717) is 23.7 Å². The number of hydrogen-bond acceptors (Lipinski definition) is 5. The maximum Gasteiger partial charge on any atom is 0.203 e. The quantitative estimate of drug-likeness (QED) is 0.741. The average molecular weight is 241 g/mol. The topological polar surface area (TPSA) is 60.0 Å². The lowest BCUT2D eigenvalue weighted by atomic mass is 10.1. The molecule has 1 atom stereocenters. The molecule has 5 nitrogen and oxygen atoms in total. The van der Waals surface area contributed by atoms with E-state index in [2.05, 4.69) is 5.48 Å². The van der Waals surface area contributed by atoms with Crippen LogP contribution in [0, 0.1) is 0 Å². The lowest BCUT2D eigenvalue weighted by Crippen LogP contribution is -2.24. The van der Waals surface area contributed by atoms with Crippen LogP contribution in [0.5, 0.6) is 17.2 Å². The number of methoxy groups -OCH3 is 3. The summed E-state index contributed by atoms with van der Waals surface area (Å²) >= 11 is 0. The van der Waals surface area contributed by atoms with Gasteiger partial charge in [-0.25, -0.2) is 5.48 Å². The van der Waals surface area contributed by atoms with E-state index >= 15 is 0 Å². The molecular weight excluding hydrogens is 222 g/mol. The Balaban J connectivity index is 3.08. The van der Waals surface area contributed by atoms with Gasteiger partial charge in [-0.15, -0.1) is 0 Å². The Kier molecular flexibility index (Phi) is 5.06. The van der Waals surface area contributed by atoms with Crippen molar-refractivity contribution in [2.45, 2.75) is 19.4 Å². The second-order valence-electron chi connectivity index (χ2n) is 3.77. The maximum atomic E-state index is 8.81. The smallest absolute Gasteiger partial charge is 0.203 e. The molecule has 0 aliphatic rings. The van der Waals surface area contributed by atoms with Gasteiger partial charge in [-0.3, -0.25) is 0 Å². The van der Waals surface area contributed by atoms with E-state index in [9.17, 15) is 0 Å². The SMILES string of the molecule is COc1cc(CC(C)NO)cc(OC)c1OC. The van der Waals surface area contributed by atoms with E-state index in [1.54, 1.807) is 21.3 Å². The summed E-state index contributed by atoms with van der Waals surface area (Å²) in [6.45, 7) is 1.88. The Morgan fingerprint density at radius 1 is 1.12 bits per heavy atom. The predicted octanol–water partition coefficient (Wildman–Crippen LogP) is 1.62. The van der Waals surface area contributed by atoms with Crippen molar-refractivity contribution in [3.63, 3.8) is 0 Å². The minimum absolute atomic E-state index is 0.0437. The number of hydrogen-bond donors (Lipinski definition) is 2. The van der Waals surface area contributed by atoms with E-state index < -0.39 is 0 Å². The zero-order chi connectivity index (χ0) is 12.8. The highest BCUT2D eigenvalue weighted by atomic mass is 16.5. The first-order chi connectivity index (χ1) is 8.15. The summed E-state index contributed by atoms with van der Waals surface area (Å²) in [5.74, 6) is 1.81. The summed E-state index contributed by atoms with van der Waals surface area (Å²) in [6, 6.07) is 3.70. The standard InChI is InChI=1S/C12H19NO4/c1-8(13-14)5-9-6-10(15-2)12(17-4)11(7-9)16-3/h6-8,13-14H,5H2,1-4H3. The van der Waals surface area contributed by atoms with Crippen LogP contribution in [0.25, 0.3) is 0 Å². The van der Waals surface area contributed by atoms with Gasteiger partial charge in [-0.2, -0.15) is 0 Å². The van der Waals surface area contributed by atoms with Gasteiger partial charge in [0.05, 0.1) is 21.3 Å². The van der Waals surface area contributed by atoms with Gasteiger partial charge in [0.1, 0.15) is 0 Å². The summed E-state index contributed by atoms with van der Waals surface area (Å²) in [4.78, 5) is 0. The average Bonchev–Trinajstić information content (AvgIpc) is 2.37. The molecule has 1 aromatic carbocycles. The molecule has 0 saturated carbocycles. The molecular formula is C12H19NO4. The first-order valence-electron chi connectivity index (χ1n) is 5.34. The highest BCUT2D eigenvalue weighted by molar-refractivity contribution is 5.53. The fourth-order valence-electron chi connectivity index (χ4n) is 1.65. The third-order valence-electron chi connectivity index (χ3n) is 2.49. The molecule has 1 aromatic rings. The van der Waals surface area contributed by atoms with Gasteiger partial charge in [0.25, 0.3) is 0 Å². The minimum atomic E-state index is -0.0437. The molecule has 0 aliphatic carbocycles. The first kappa shape index (κ1) is 13.6. The molecule has 1 rings (SSSR count). The van der Waals surface area contributed by atoms with Crippen molar-refractivity contribution in [2.24, 2.45) is 0 Å². The molecule has 0 bridgehead atoms. The van der Waals surface area contributed by atoms with Crippen LogP contribution in [-0.4, -0.2) is 32.6 Å². The number of rotatable bonds is 6. The molecule has 0 fully saturated rings. The zero-order valence-corrected chi connectivity index (χ0v) is 10.6. The van der Waals surface area contributed by atoms with Crippen LogP contribution in [0.4, 0.5) is 0 Å². The van der Waals surface area contributed by atoms with Gasteiger partial charge in [0.15, 0.2) is 11.5 Å². The van der Waals surface area contributed by atoms with E-state index in [4.69, 9.17) is 19.4 Å². The maximum absolute atomic E-state index is 8.81. The molecule has 0 radical (unpaired) electrons. The van der Waals surface area contributed by atoms with Gasteiger partial charge < -0.3 is 19.4 Å². The van der Waals surface area contributed by atoms with Crippen molar-refractivity contribution in [2.75, 3.05) is 21.3 Å². The Bertz CT molecular complexity index is 343. The van der Waals surface area contributed by atoms with Crippen LogP contribution in [-0.2, 0) is 6.42 Å². The zero-order valence-electron chi connectivity index (χ0n) is 10.6. The number of nitrogens with one attached hydrogen (secondary N) is 1. The molecule has 0 heterocycles. The number of hydroxylamine groups is 1. The van der Waals surface area contributed by atoms with Crippen LogP contribution in [0.3, 0.4) is 0 Å². The lowest BCUT2D eigenvalue weighted by Gasteiger charge is -2.15. The van der Waals surface area contributed by atoms with Gasteiger partial charge in [0.2, 0.25) is 5.75 Å². The number of ether oxygens (including phenoxy) is 3. The Morgan fingerprint density at radius 3 is 2.00 bits per heavy atom. The van der Waals surface area contributed by atoms with Gasteiger partial charge >= 0.3 is 0 Å². The van der Waals surface area contributed by atoms with Crippen molar-refractivity contribution < 1.29 is 19.4 Å². The van der Waals surface area contributed by atoms with Crippen molar-refractivity contribution in [3.05, 3.63) is 17.7 Å². The van der Waals surface area contributed by atoms with E-state index in [1.165, 1.54) is 0 Å². The summed E-state index contributed by atoms with van der Waals surface area (Å²) < 4.78 is 15.7. The molecule has 1 unspecified atom stereocenters. The van der Waals surface area contributed by atoms with Gasteiger partial charge in [-0.1, -0.05) is 0 Å². The predicted molar refractivity (Wildman–Crippen MR) is 64.2 cm³/mol. The summed E-state index contributed by atoms with van der Waals surface area (Å²) in [5, 5.41) is 8.81. The van der Waals surface area contributed by atoms with Crippen LogP contribution >= 0.6 is 0 Å². The monoisotopic (exact) mass is 241 g/mol. The Morgan fingerprint density at radius 2 is 1.65 bits per heavy atom. The molecule has 0 saturated heterocycles. The Hall–Kier alpha value is -1.46. The molecule has 2 N–H and O–H groups in total. The van der Waals surface area contributed by atoms with E-state index in [1.807, 2.05) is 19.1 Å². The van der Waals surface area contributed by atoms with Crippen LogP contribution in [0.1, 0.15) is 12.5 Å². The Labute approximate surface area is 101 Å². The highest BCUT2D eigenvalue weighted by Gasteiger charge is 2.14. The van der Waals surface area contributed by atoms with Gasteiger partial charge in [-0.05, 0) is 31.0 Å². The fourth-order valence-corrected chi connectivity index (χ4v) is 1.65. The van der Waals surface area contributed by atoms with Crippen molar-refractivity contribution >= 4 is 0 Å². The summed E-state index contributed by atoms with van der Waals surface area (Å²) in [7, 11) is 4.72. The molecule has 5 heteroatoms. The summed E-state index contributed by atoms with van der Waals surface area (Å²) in [6.07, 6.45) is 0.660. The molecule has 0 aliphatic heterocycles. The molecule has 0 spiro atoms. The second-order valence-corrected chi connectivity index (χ2v) is 3.77. The van der Waals surface area contributed by atoms with Gasteiger partial charge in [0, 0.05) is 6.04 Å². The molecule has 17 heavy (non-hydrogen) atoms. The molecule has 0 amide bonds. The highest BCUT2D eigenvalue weighted by Crippen LogP contribution is 2.38. The van der Waals surface area contributed by atoms with Crippen LogP contribution < -0.4 is 19.7 Å². The van der Waals surface area contributed by atoms with E-state index in [0.717, 1.165) is 5.56 Å². The fraction of sp³-hybridized carbons (Fsp3) is 0.500. The van der Waals surface area contributed by atoms with Crippen molar-refractivity contribution in [3.8, 4) is 17.2 Å². The molecule has 0 aromatic heterocycles. The van der Waals surface area contributed by atoms with Crippen LogP contribution in [0.15, 0.2) is 12.1 Å². The van der Waals surface area contributed by atoms with E-state index in [-0.39, 0.29) is 6.04 Å². The summed E-state index contributed by atoms with van der Waals surface area (Å²) in [5.41, 5.74) is 3.20. The minimum Gasteiger partial charge on any atom is -0.493 e. The molecule has 96 valence electrons. The third kappa shape index (κ3) is 3.25. The van der Waals surface area contributed by atoms with Crippen molar-refractivity contribution in [1.29, 1.82) is 0 Å². The van der Waals surface area contributed by atoms with Crippen molar-refractivity contribution in [1.82, 2.24) is 5.48 Å². The third-order valence-corrected chi connectivity index (χ3v) is 2.49. The lowest BCUT2D eigenvalue weighted by molar-refractivity contribution is 0.132. The second kappa shape index (κ2) is 6.32. The normalized spacial score (nSPS) is 12.1. The first-order valence-corrected chi connectivity index (χ1v) is 5.34. The largest absolute Gasteiger partial charge is 0.493 e. The number of benzene rings is 1.